The minimum atomic E-state index is -0.129. The van der Waals surface area contributed by atoms with Crippen LogP contribution >= 0.6 is 0 Å². The molecule has 0 aliphatic heterocycles. The number of carbonyl (C=O) groups excluding carboxylic acids is 1. The van der Waals surface area contributed by atoms with E-state index in [-0.39, 0.29) is 12.5 Å². The Morgan fingerprint density at radius 3 is 2.94 bits per heavy atom. The molecule has 1 aromatic rings. The number of anilines is 2. The van der Waals surface area contributed by atoms with Crippen LogP contribution in [0.2, 0.25) is 0 Å². The van der Waals surface area contributed by atoms with Gasteiger partial charge in [0.25, 0.3) is 0 Å². The Labute approximate surface area is 100 Å². The van der Waals surface area contributed by atoms with Crippen LogP contribution < -0.4 is 16.0 Å². The number of nitrogen functional groups attached to an aromatic ring is 1. The third-order valence-corrected chi connectivity index (χ3v) is 2.38. The maximum absolute atomic E-state index is 11.3. The van der Waals surface area contributed by atoms with E-state index in [1.54, 1.807) is 18.0 Å². The van der Waals surface area contributed by atoms with Gasteiger partial charge < -0.3 is 16.0 Å². The van der Waals surface area contributed by atoms with Gasteiger partial charge in [-0.15, -0.1) is 0 Å². The van der Waals surface area contributed by atoms with Crippen molar-refractivity contribution in [3.8, 4) is 6.07 Å². The molecule has 0 atom stereocenters. The van der Waals surface area contributed by atoms with Crippen LogP contribution in [-0.4, -0.2) is 31.0 Å². The van der Waals surface area contributed by atoms with Crippen molar-refractivity contribution in [3.63, 3.8) is 0 Å². The second kappa shape index (κ2) is 5.70. The van der Waals surface area contributed by atoms with E-state index in [0.29, 0.717) is 23.6 Å². The molecule has 6 heteroatoms. The molecule has 0 saturated heterocycles. The fourth-order valence-corrected chi connectivity index (χ4v) is 1.40. The van der Waals surface area contributed by atoms with Crippen molar-refractivity contribution < 1.29 is 4.79 Å². The monoisotopic (exact) mass is 233 g/mol. The fourth-order valence-electron chi connectivity index (χ4n) is 1.40. The summed E-state index contributed by atoms with van der Waals surface area (Å²) in [4.78, 5) is 17.2. The highest BCUT2D eigenvalue weighted by atomic mass is 16.1. The molecular weight excluding hydrogens is 218 g/mol. The number of hydrogen-bond acceptors (Lipinski definition) is 5. The molecular formula is C11H15N5O. The summed E-state index contributed by atoms with van der Waals surface area (Å²) < 4.78 is 0. The maximum Gasteiger partial charge on any atom is 0.239 e. The number of likely N-dealkylation sites (N-methyl/N-ethyl adjacent to an activating group) is 2. The molecule has 0 aliphatic rings. The van der Waals surface area contributed by atoms with Crippen LogP contribution in [0.25, 0.3) is 0 Å². The van der Waals surface area contributed by atoms with Gasteiger partial charge in [0.2, 0.25) is 5.91 Å². The highest BCUT2D eigenvalue weighted by molar-refractivity contribution is 5.82. The molecule has 0 unspecified atom stereocenters. The first-order valence-corrected chi connectivity index (χ1v) is 5.24. The van der Waals surface area contributed by atoms with Gasteiger partial charge in [0.1, 0.15) is 6.07 Å². The van der Waals surface area contributed by atoms with Gasteiger partial charge in [0, 0.05) is 19.8 Å². The summed E-state index contributed by atoms with van der Waals surface area (Å²) >= 11 is 0. The Balaban J connectivity index is 3.04. The minimum absolute atomic E-state index is 0.129. The molecule has 1 aromatic heterocycles. The van der Waals surface area contributed by atoms with E-state index in [1.807, 2.05) is 13.0 Å². The summed E-state index contributed by atoms with van der Waals surface area (Å²) in [6, 6.07) is 3.54. The van der Waals surface area contributed by atoms with Gasteiger partial charge in [-0.1, -0.05) is 0 Å². The van der Waals surface area contributed by atoms with Gasteiger partial charge in [-0.25, -0.2) is 4.98 Å². The molecule has 1 amide bonds. The van der Waals surface area contributed by atoms with E-state index in [2.05, 4.69) is 10.3 Å². The Bertz CT molecular complexity index is 452. The van der Waals surface area contributed by atoms with Gasteiger partial charge in [-0.2, -0.15) is 5.26 Å². The highest BCUT2D eigenvalue weighted by Crippen LogP contribution is 2.22. The molecule has 3 N–H and O–H groups in total. The average Bonchev–Trinajstić information content (AvgIpc) is 2.36. The van der Waals surface area contributed by atoms with Crippen LogP contribution in [0.1, 0.15) is 12.5 Å². The summed E-state index contributed by atoms with van der Waals surface area (Å²) in [5.41, 5.74) is 6.50. The average molecular weight is 233 g/mol. The van der Waals surface area contributed by atoms with E-state index < -0.39 is 0 Å². The smallest absolute Gasteiger partial charge is 0.239 e. The summed E-state index contributed by atoms with van der Waals surface area (Å²) in [5, 5.41) is 11.4. The van der Waals surface area contributed by atoms with Crippen molar-refractivity contribution in [2.75, 3.05) is 30.8 Å². The zero-order valence-electron chi connectivity index (χ0n) is 9.90. The topological polar surface area (TPSA) is 95.0 Å². The predicted octanol–water partition coefficient (Wildman–Crippen LogP) is 0.108. The number of aromatic nitrogens is 1. The van der Waals surface area contributed by atoms with Crippen molar-refractivity contribution in [1.29, 1.82) is 5.26 Å². The van der Waals surface area contributed by atoms with Gasteiger partial charge in [-0.3, -0.25) is 4.79 Å². The number of pyridine rings is 1. The zero-order valence-corrected chi connectivity index (χ0v) is 9.90. The van der Waals surface area contributed by atoms with Crippen molar-refractivity contribution >= 4 is 17.4 Å². The number of carbonyl (C=O) groups is 1. The first-order chi connectivity index (χ1) is 8.13. The zero-order chi connectivity index (χ0) is 12.8. The lowest BCUT2D eigenvalue weighted by Crippen LogP contribution is -2.36. The third kappa shape index (κ3) is 2.84. The first-order valence-electron chi connectivity index (χ1n) is 5.24. The van der Waals surface area contributed by atoms with Crippen molar-refractivity contribution in [2.24, 2.45) is 0 Å². The number of amides is 1. The van der Waals surface area contributed by atoms with Crippen molar-refractivity contribution in [2.45, 2.75) is 6.92 Å². The molecule has 1 heterocycles. The molecule has 90 valence electrons. The van der Waals surface area contributed by atoms with E-state index in [1.165, 1.54) is 6.20 Å². The molecule has 0 spiro atoms. The van der Waals surface area contributed by atoms with Gasteiger partial charge >= 0.3 is 0 Å². The lowest BCUT2D eigenvalue weighted by molar-refractivity contribution is -0.119. The van der Waals surface area contributed by atoms with Gasteiger partial charge in [0.05, 0.1) is 17.8 Å². The van der Waals surface area contributed by atoms with Crippen molar-refractivity contribution in [3.05, 3.63) is 17.8 Å². The largest absolute Gasteiger partial charge is 0.395 e. The Hall–Kier alpha value is -2.29. The molecule has 0 radical (unpaired) electrons. The SMILES string of the molecule is CCN(CC(=O)NC)c1nccc(C#N)c1N. The Kier molecular flexibility index (Phi) is 4.29. The standard InChI is InChI=1S/C11H15N5O/c1-3-16(7-9(17)14-2)11-10(13)8(6-12)4-5-15-11/h4-5H,3,7,13H2,1-2H3,(H,14,17). The normalized spacial score (nSPS) is 9.47. The minimum Gasteiger partial charge on any atom is -0.395 e. The van der Waals surface area contributed by atoms with E-state index in [9.17, 15) is 4.79 Å². The van der Waals surface area contributed by atoms with Crippen LogP contribution in [0.15, 0.2) is 12.3 Å². The quantitative estimate of drug-likeness (QED) is 0.769. The molecule has 6 nitrogen and oxygen atoms in total. The second-order valence-corrected chi connectivity index (χ2v) is 3.39. The molecule has 0 bridgehead atoms. The predicted molar refractivity (Wildman–Crippen MR) is 65.3 cm³/mol. The molecule has 0 aromatic carbocycles. The number of nitrogens with two attached hydrogens (primary N) is 1. The van der Waals surface area contributed by atoms with E-state index >= 15 is 0 Å². The van der Waals surface area contributed by atoms with E-state index in [4.69, 9.17) is 11.0 Å². The third-order valence-electron chi connectivity index (χ3n) is 2.38. The van der Waals surface area contributed by atoms with Gasteiger partial charge in [-0.05, 0) is 13.0 Å². The van der Waals surface area contributed by atoms with Crippen LogP contribution in [0.5, 0.6) is 0 Å². The Morgan fingerprint density at radius 1 is 1.71 bits per heavy atom. The number of nitriles is 1. The first kappa shape index (κ1) is 12.8. The van der Waals surface area contributed by atoms with Crippen LogP contribution in [0.3, 0.4) is 0 Å². The van der Waals surface area contributed by atoms with E-state index in [0.717, 1.165) is 0 Å². The van der Waals surface area contributed by atoms with Crippen molar-refractivity contribution in [1.82, 2.24) is 10.3 Å². The van der Waals surface area contributed by atoms with Gasteiger partial charge in [0.15, 0.2) is 5.82 Å². The molecule has 0 aliphatic carbocycles. The summed E-state index contributed by atoms with van der Waals surface area (Å²) in [5.74, 6) is 0.338. The fraction of sp³-hybridized carbons (Fsp3) is 0.364. The lowest BCUT2D eigenvalue weighted by atomic mass is 10.2. The molecule has 0 saturated carbocycles. The lowest BCUT2D eigenvalue weighted by Gasteiger charge is -2.22. The molecule has 1 rings (SSSR count). The summed E-state index contributed by atoms with van der Waals surface area (Å²) in [7, 11) is 1.57. The van der Waals surface area contributed by atoms with Crippen LogP contribution in [-0.2, 0) is 4.79 Å². The maximum atomic E-state index is 11.3. The number of nitrogens with one attached hydrogen (secondary N) is 1. The number of nitrogens with zero attached hydrogens (tertiary/aromatic N) is 3. The van der Waals surface area contributed by atoms with Crippen LogP contribution in [0, 0.1) is 11.3 Å². The molecule has 0 fully saturated rings. The number of rotatable bonds is 4. The summed E-state index contributed by atoms with van der Waals surface area (Å²) in [6.07, 6.45) is 1.51. The van der Waals surface area contributed by atoms with Crippen LogP contribution in [0.4, 0.5) is 11.5 Å². The second-order valence-electron chi connectivity index (χ2n) is 3.39. The molecule has 17 heavy (non-hydrogen) atoms. The highest BCUT2D eigenvalue weighted by Gasteiger charge is 2.14. The Morgan fingerprint density at radius 2 is 2.41 bits per heavy atom. The number of hydrogen-bond donors (Lipinski definition) is 2. The summed E-state index contributed by atoms with van der Waals surface area (Å²) in [6.45, 7) is 2.64.